The van der Waals surface area contributed by atoms with Gasteiger partial charge in [-0.1, -0.05) is 196 Å². The zero-order valence-corrected chi connectivity index (χ0v) is 33.1. The minimum Gasteiger partial charge on any atom is -0.458 e. The van der Waals surface area contributed by atoms with Crippen molar-refractivity contribution in [1.82, 2.24) is 0 Å². The third-order valence-corrected chi connectivity index (χ3v) is 12.0. The van der Waals surface area contributed by atoms with E-state index in [0.717, 1.165) is 24.3 Å². The fourth-order valence-corrected chi connectivity index (χ4v) is 9.23. The predicted octanol–water partition coefficient (Wildman–Crippen LogP) is 13.3. The third-order valence-electron chi connectivity index (χ3n) is 12.0. The van der Waals surface area contributed by atoms with Crippen LogP contribution in [0.5, 0.6) is 11.5 Å². The number of benzene rings is 8. The number of fused-ring (bicyclic) bond motifs is 4. The van der Waals surface area contributed by atoms with Crippen LogP contribution in [0.15, 0.2) is 188 Å². The van der Waals surface area contributed by atoms with Crippen LogP contribution in [0.4, 0.5) is 17.1 Å². The summed E-state index contributed by atoms with van der Waals surface area (Å²) in [5.41, 5.74) is 18.2. The lowest BCUT2D eigenvalue weighted by molar-refractivity contribution is 0.486. The molecule has 0 fully saturated rings. The fraction of sp³-hybridized carbons (Fsp3) is 0.127. The average molecular weight is 748 g/mol. The molecule has 2 nitrogen and oxygen atoms in total. The Morgan fingerprint density at radius 1 is 0.431 bits per heavy atom. The lowest BCUT2D eigenvalue weighted by Crippen LogP contribution is -2.59. The highest BCUT2D eigenvalue weighted by Gasteiger charge is 2.43. The number of aryl methyl sites for hydroxylation is 1. The number of hydrogen-bond donors (Lipinski definition) is 0. The highest BCUT2D eigenvalue weighted by atomic mass is 16.5. The summed E-state index contributed by atoms with van der Waals surface area (Å²) in [6.07, 6.45) is 7.21. The van der Waals surface area contributed by atoms with E-state index >= 15 is 0 Å². The first-order valence-electron chi connectivity index (χ1n) is 21.0. The molecular formula is C55H46BNO. The molecule has 0 saturated heterocycles. The van der Waals surface area contributed by atoms with Gasteiger partial charge in [0.2, 0.25) is 0 Å². The van der Waals surface area contributed by atoms with Gasteiger partial charge in [0, 0.05) is 22.5 Å². The van der Waals surface area contributed by atoms with Gasteiger partial charge in [0.25, 0.3) is 6.71 Å². The first kappa shape index (κ1) is 35.8. The average Bonchev–Trinajstić information content (AvgIpc) is 3.29. The molecule has 58 heavy (non-hydrogen) atoms. The van der Waals surface area contributed by atoms with E-state index in [9.17, 15) is 0 Å². The Labute approximate surface area is 343 Å². The molecular weight excluding hydrogens is 701 g/mol. The Morgan fingerprint density at radius 3 is 1.59 bits per heavy atom. The molecule has 0 amide bonds. The summed E-state index contributed by atoms with van der Waals surface area (Å²) < 4.78 is 7.12. The summed E-state index contributed by atoms with van der Waals surface area (Å²) in [6, 6.07) is 68.9. The molecule has 0 saturated carbocycles. The lowest BCUT2D eigenvalue weighted by atomic mass is 9.34. The molecule has 0 atom stereocenters. The van der Waals surface area contributed by atoms with Crippen LogP contribution < -0.4 is 26.0 Å². The van der Waals surface area contributed by atoms with E-state index in [4.69, 9.17) is 4.74 Å². The summed E-state index contributed by atoms with van der Waals surface area (Å²) in [4.78, 5) is 2.58. The second kappa shape index (κ2) is 15.8. The number of para-hydroxylation sites is 1. The molecule has 2 aliphatic heterocycles. The summed E-state index contributed by atoms with van der Waals surface area (Å²) in [7, 11) is 0. The largest absolute Gasteiger partial charge is 0.458 e. The molecule has 0 aromatic heterocycles. The summed E-state index contributed by atoms with van der Waals surface area (Å²) >= 11 is 0. The van der Waals surface area contributed by atoms with Gasteiger partial charge >= 0.3 is 0 Å². The van der Waals surface area contributed by atoms with Crippen LogP contribution in [0.1, 0.15) is 44.6 Å². The monoisotopic (exact) mass is 747 g/mol. The van der Waals surface area contributed by atoms with Crippen molar-refractivity contribution in [3.05, 3.63) is 194 Å². The van der Waals surface area contributed by atoms with E-state index in [-0.39, 0.29) is 6.71 Å². The van der Waals surface area contributed by atoms with Crippen LogP contribution in [0.3, 0.4) is 0 Å². The SMILES string of the molecule is CCCCCCCc1cc2c3c(c1)N(c1c(-c4ccccc4)cccc1-c1ccccc1)c1ccc(-c4ccccc4)cc1B3c1cc(-c3ccccc3)ccc1O2. The minimum absolute atomic E-state index is 0.0324. The van der Waals surface area contributed by atoms with Crippen molar-refractivity contribution in [2.75, 3.05) is 4.90 Å². The Hall–Kier alpha value is -6.58. The van der Waals surface area contributed by atoms with E-state index in [1.54, 1.807) is 0 Å². The van der Waals surface area contributed by atoms with Crippen LogP contribution in [0, 0.1) is 0 Å². The van der Waals surface area contributed by atoms with Crippen molar-refractivity contribution in [1.29, 1.82) is 0 Å². The normalized spacial score (nSPS) is 12.4. The van der Waals surface area contributed by atoms with Crippen LogP contribution in [-0.2, 0) is 6.42 Å². The van der Waals surface area contributed by atoms with Gasteiger partial charge in [0.15, 0.2) is 0 Å². The first-order valence-corrected chi connectivity index (χ1v) is 21.0. The van der Waals surface area contributed by atoms with Crippen molar-refractivity contribution in [2.24, 2.45) is 0 Å². The summed E-state index contributed by atoms with van der Waals surface area (Å²) in [5.74, 6) is 1.90. The van der Waals surface area contributed by atoms with Crippen molar-refractivity contribution in [3.8, 4) is 56.0 Å². The van der Waals surface area contributed by atoms with Crippen LogP contribution in [0.2, 0.25) is 0 Å². The molecule has 0 spiro atoms. The van der Waals surface area contributed by atoms with E-state index in [1.165, 1.54) is 109 Å². The highest BCUT2D eigenvalue weighted by Crippen LogP contribution is 2.49. The van der Waals surface area contributed by atoms with E-state index in [1.807, 2.05) is 0 Å². The standard InChI is InChI=1S/C55H46BNO/c1-2-3-4-5-10-20-39-35-51-54-53(36-39)58-52-34-32-45(41-23-13-7-14-24-41)38-49(52)56(54)48-37-44(40-21-11-6-12-22-40)31-33-50(48)57(51)55-46(42-25-15-8-16-26-42)29-19-30-47(55)43-27-17-9-18-28-43/h6-9,11-19,21-38H,2-5,10,20H2,1H3. The van der Waals surface area contributed by atoms with Crippen LogP contribution in [-0.4, -0.2) is 6.71 Å². The Bertz CT molecular complexity index is 2650. The van der Waals surface area contributed by atoms with Crippen molar-refractivity contribution in [2.45, 2.75) is 45.4 Å². The van der Waals surface area contributed by atoms with E-state index in [2.05, 4.69) is 200 Å². The molecule has 2 heterocycles. The van der Waals surface area contributed by atoms with Crippen LogP contribution in [0.25, 0.3) is 44.5 Å². The first-order chi connectivity index (χ1) is 28.7. The number of hydrogen-bond acceptors (Lipinski definition) is 2. The molecule has 2 aliphatic rings. The number of nitrogens with zero attached hydrogens (tertiary/aromatic N) is 1. The molecule has 0 N–H and O–H groups in total. The molecule has 10 rings (SSSR count). The predicted molar refractivity (Wildman–Crippen MR) is 247 cm³/mol. The van der Waals surface area contributed by atoms with Gasteiger partial charge in [0.1, 0.15) is 11.5 Å². The maximum Gasteiger partial charge on any atom is 0.256 e. The van der Waals surface area contributed by atoms with Gasteiger partial charge in [-0.3, -0.25) is 0 Å². The quantitative estimate of drug-likeness (QED) is 0.0965. The molecule has 8 aromatic rings. The number of anilines is 3. The number of rotatable bonds is 11. The van der Waals surface area contributed by atoms with E-state index in [0.29, 0.717) is 0 Å². The molecule has 0 unspecified atom stereocenters. The third kappa shape index (κ3) is 6.61. The van der Waals surface area contributed by atoms with Gasteiger partial charge in [0.05, 0.1) is 5.69 Å². The van der Waals surface area contributed by atoms with E-state index < -0.39 is 0 Å². The number of ether oxygens (including phenoxy) is 1. The van der Waals surface area contributed by atoms with Gasteiger partial charge in [-0.15, -0.1) is 0 Å². The molecule has 8 aromatic carbocycles. The zero-order valence-electron chi connectivity index (χ0n) is 33.1. The summed E-state index contributed by atoms with van der Waals surface area (Å²) in [5, 5.41) is 0. The second-order valence-electron chi connectivity index (χ2n) is 15.8. The maximum atomic E-state index is 7.12. The minimum atomic E-state index is -0.0324. The maximum absolute atomic E-state index is 7.12. The van der Waals surface area contributed by atoms with Gasteiger partial charge in [-0.25, -0.2) is 0 Å². The second-order valence-corrected chi connectivity index (χ2v) is 15.8. The van der Waals surface area contributed by atoms with Crippen molar-refractivity contribution in [3.63, 3.8) is 0 Å². The Balaban J connectivity index is 1.27. The van der Waals surface area contributed by atoms with Gasteiger partial charge < -0.3 is 9.64 Å². The smallest absolute Gasteiger partial charge is 0.256 e. The van der Waals surface area contributed by atoms with Crippen molar-refractivity contribution < 1.29 is 4.74 Å². The highest BCUT2D eigenvalue weighted by molar-refractivity contribution is 6.99. The Morgan fingerprint density at radius 2 is 0.983 bits per heavy atom. The fourth-order valence-electron chi connectivity index (χ4n) is 9.23. The zero-order chi connectivity index (χ0) is 38.8. The van der Waals surface area contributed by atoms with Gasteiger partial charge in [-0.05, 0) is 92.4 Å². The Kier molecular flexibility index (Phi) is 9.73. The lowest BCUT2D eigenvalue weighted by Gasteiger charge is -2.42. The molecule has 280 valence electrons. The molecule has 0 radical (unpaired) electrons. The molecule has 0 aliphatic carbocycles. The van der Waals surface area contributed by atoms with Crippen molar-refractivity contribution >= 4 is 40.2 Å². The van der Waals surface area contributed by atoms with Crippen LogP contribution >= 0.6 is 0 Å². The van der Waals surface area contributed by atoms with Gasteiger partial charge in [-0.2, -0.15) is 0 Å². The molecule has 0 bridgehead atoms. The number of unbranched alkanes of at least 4 members (excludes halogenated alkanes) is 4. The molecule has 3 heteroatoms. The topological polar surface area (TPSA) is 12.5 Å². The summed E-state index contributed by atoms with van der Waals surface area (Å²) in [6.45, 7) is 2.25.